The normalized spacial score (nSPS) is 12.9. The number of hydrogen-bond donors (Lipinski definition) is 1. The highest BCUT2D eigenvalue weighted by Crippen LogP contribution is 2.23. The maximum Gasteiger partial charge on any atom is 0.334 e. The van der Waals surface area contributed by atoms with E-state index in [1.165, 1.54) is 154 Å². The van der Waals surface area contributed by atoms with Gasteiger partial charge in [0.15, 0.2) is 6.10 Å². The highest BCUT2D eigenvalue weighted by atomic mass is 16.5. The summed E-state index contributed by atoms with van der Waals surface area (Å²) in [6.45, 7) is 9.44. The molecule has 48 heavy (non-hydrogen) atoms. The predicted molar refractivity (Wildman–Crippen MR) is 209 cm³/mol. The number of esters is 1. The standard InChI is InChI=1S/C44H86O4/c1-5-7-9-11-12-13-14-15-16-17-18-19-22-25-31-37-42(45)41(35-29-10-8-6-2)36-30-24-21-20-23-26-32-38-43(46)44(47)48-39-33-27-28-34-40(3)4/h40-41,43,46H,5-39H2,1-4H3. The third-order valence-electron chi connectivity index (χ3n) is 10.4. The molecule has 0 aliphatic heterocycles. The van der Waals surface area contributed by atoms with Crippen LogP contribution in [0.4, 0.5) is 0 Å². The van der Waals surface area contributed by atoms with Crippen LogP contribution >= 0.6 is 0 Å². The second kappa shape index (κ2) is 37.4. The molecule has 0 heterocycles. The molecule has 0 saturated heterocycles. The second-order valence-corrected chi connectivity index (χ2v) is 15.7. The summed E-state index contributed by atoms with van der Waals surface area (Å²) in [5.74, 6) is 1.11. The molecular formula is C44H86O4. The van der Waals surface area contributed by atoms with Crippen LogP contribution in [-0.2, 0) is 14.3 Å². The van der Waals surface area contributed by atoms with Crippen LogP contribution in [0.15, 0.2) is 0 Å². The van der Waals surface area contributed by atoms with Crippen LogP contribution in [0, 0.1) is 11.8 Å². The summed E-state index contributed by atoms with van der Waals surface area (Å²) in [5.41, 5.74) is 0. The van der Waals surface area contributed by atoms with E-state index in [0.29, 0.717) is 18.8 Å². The van der Waals surface area contributed by atoms with Gasteiger partial charge in [-0.05, 0) is 38.0 Å². The molecule has 0 amide bonds. The molecule has 0 saturated carbocycles. The van der Waals surface area contributed by atoms with Crippen molar-refractivity contribution >= 4 is 11.8 Å². The number of ketones is 1. The molecule has 0 radical (unpaired) electrons. The summed E-state index contributed by atoms with van der Waals surface area (Å²) in [4.78, 5) is 25.2. The van der Waals surface area contributed by atoms with Gasteiger partial charge in [0.25, 0.3) is 0 Å². The van der Waals surface area contributed by atoms with E-state index in [1.807, 2.05) is 0 Å². The number of carbonyl (C=O) groups excluding carboxylic acids is 2. The van der Waals surface area contributed by atoms with Crippen molar-refractivity contribution in [3.8, 4) is 0 Å². The van der Waals surface area contributed by atoms with Gasteiger partial charge in [0.1, 0.15) is 5.78 Å². The second-order valence-electron chi connectivity index (χ2n) is 15.7. The zero-order valence-electron chi connectivity index (χ0n) is 33.2. The molecule has 2 atom stereocenters. The quantitative estimate of drug-likeness (QED) is 0.0519. The molecule has 4 nitrogen and oxygen atoms in total. The first kappa shape index (κ1) is 47.1. The van der Waals surface area contributed by atoms with Crippen molar-refractivity contribution in [1.82, 2.24) is 0 Å². The molecule has 0 aromatic heterocycles. The minimum absolute atomic E-state index is 0.287. The number of aliphatic hydroxyl groups excluding tert-OH is 1. The molecule has 0 rings (SSSR count). The Bertz CT molecular complexity index is 675. The largest absolute Gasteiger partial charge is 0.464 e. The zero-order chi connectivity index (χ0) is 35.3. The lowest BCUT2D eigenvalue weighted by atomic mass is 9.88. The molecular weight excluding hydrogens is 592 g/mol. The third kappa shape index (κ3) is 33.6. The summed E-state index contributed by atoms with van der Waals surface area (Å²) in [6.07, 6.45) is 40.3. The Kier molecular flexibility index (Phi) is 36.7. The summed E-state index contributed by atoms with van der Waals surface area (Å²) in [6, 6.07) is 0. The first-order valence-electron chi connectivity index (χ1n) is 21.8. The highest BCUT2D eigenvalue weighted by molar-refractivity contribution is 5.80. The first-order valence-corrected chi connectivity index (χ1v) is 21.8. The average molecular weight is 679 g/mol. The molecule has 1 N–H and O–H groups in total. The average Bonchev–Trinajstić information content (AvgIpc) is 3.07. The first-order chi connectivity index (χ1) is 23.4. The fraction of sp³-hybridized carbons (Fsp3) is 0.955. The Morgan fingerprint density at radius 3 is 1.27 bits per heavy atom. The van der Waals surface area contributed by atoms with Gasteiger partial charge in [0.2, 0.25) is 0 Å². The number of aliphatic hydroxyl groups is 1. The van der Waals surface area contributed by atoms with E-state index in [9.17, 15) is 14.7 Å². The van der Waals surface area contributed by atoms with Gasteiger partial charge in [-0.1, -0.05) is 207 Å². The van der Waals surface area contributed by atoms with Gasteiger partial charge in [-0.3, -0.25) is 4.79 Å². The van der Waals surface area contributed by atoms with E-state index in [2.05, 4.69) is 27.7 Å². The number of Topliss-reactive ketones (excluding diaryl/α,β-unsaturated/α-hetero) is 1. The Morgan fingerprint density at radius 1 is 0.458 bits per heavy atom. The van der Waals surface area contributed by atoms with Crippen LogP contribution in [0.5, 0.6) is 0 Å². The number of ether oxygens (including phenoxy) is 1. The molecule has 0 fully saturated rings. The maximum atomic E-state index is 13.2. The van der Waals surface area contributed by atoms with Crippen LogP contribution < -0.4 is 0 Å². The summed E-state index contributed by atoms with van der Waals surface area (Å²) < 4.78 is 5.26. The van der Waals surface area contributed by atoms with Crippen molar-refractivity contribution in [1.29, 1.82) is 0 Å². The maximum absolute atomic E-state index is 13.2. The van der Waals surface area contributed by atoms with Crippen LogP contribution in [0.2, 0.25) is 0 Å². The van der Waals surface area contributed by atoms with Gasteiger partial charge in [-0.15, -0.1) is 0 Å². The van der Waals surface area contributed by atoms with E-state index >= 15 is 0 Å². The summed E-state index contributed by atoms with van der Waals surface area (Å²) in [5, 5.41) is 10.1. The number of hydrogen-bond acceptors (Lipinski definition) is 4. The van der Waals surface area contributed by atoms with Gasteiger partial charge in [0, 0.05) is 12.3 Å². The smallest absolute Gasteiger partial charge is 0.334 e. The minimum atomic E-state index is -0.971. The van der Waals surface area contributed by atoms with Crippen molar-refractivity contribution in [2.75, 3.05) is 6.61 Å². The van der Waals surface area contributed by atoms with Gasteiger partial charge in [0.05, 0.1) is 6.61 Å². The lowest BCUT2D eigenvalue weighted by molar-refractivity contribution is -0.154. The Balaban J connectivity index is 3.88. The number of unbranched alkanes of at least 4 members (excludes halogenated alkanes) is 25. The van der Waals surface area contributed by atoms with E-state index in [0.717, 1.165) is 63.7 Å². The molecule has 0 aromatic carbocycles. The Labute approximate surface area is 301 Å². The zero-order valence-corrected chi connectivity index (χ0v) is 33.2. The molecule has 286 valence electrons. The number of rotatable bonds is 39. The van der Waals surface area contributed by atoms with Crippen molar-refractivity contribution in [3.05, 3.63) is 0 Å². The molecule has 4 heteroatoms. The van der Waals surface area contributed by atoms with Crippen LogP contribution in [-0.4, -0.2) is 29.6 Å². The van der Waals surface area contributed by atoms with E-state index in [1.54, 1.807) is 0 Å². The van der Waals surface area contributed by atoms with Gasteiger partial charge < -0.3 is 9.84 Å². The van der Waals surface area contributed by atoms with E-state index in [-0.39, 0.29) is 5.92 Å². The van der Waals surface area contributed by atoms with Crippen molar-refractivity contribution in [3.63, 3.8) is 0 Å². The highest BCUT2D eigenvalue weighted by Gasteiger charge is 2.18. The molecule has 0 aromatic rings. The predicted octanol–water partition coefficient (Wildman–Crippen LogP) is 14.0. The fourth-order valence-corrected chi connectivity index (χ4v) is 6.99. The molecule has 2 unspecified atom stereocenters. The van der Waals surface area contributed by atoms with Crippen molar-refractivity contribution in [2.24, 2.45) is 11.8 Å². The van der Waals surface area contributed by atoms with Crippen LogP contribution in [0.1, 0.15) is 246 Å². The SMILES string of the molecule is CCCCCCCCCCCCCCCCCC(=O)C(CCCCCC)CCCCCCCCCC(O)C(=O)OCCCCCC(C)C. The monoisotopic (exact) mass is 679 g/mol. The van der Waals surface area contributed by atoms with E-state index in [4.69, 9.17) is 4.74 Å². The minimum Gasteiger partial charge on any atom is -0.464 e. The Morgan fingerprint density at radius 2 is 0.812 bits per heavy atom. The molecule has 0 bridgehead atoms. The number of carbonyl (C=O) groups is 2. The van der Waals surface area contributed by atoms with E-state index < -0.39 is 12.1 Å². The molecule has 0 aliphatic carbocycles. The Hall–Kier alpha value is -0.900. The molecule has 0 spiro atoms. The van der Waals surface area contributed by atoms with Crippen LogP contribution in [0.25, 0.3) is 0 Å². The van der Waals surface area contributed by atoms with Crippen molar-refractivity contribution in [2.45, 2.75) is 252 Å². The topological polar surface area (TPSA) is 63.6 Å². The summed E-state index contributed by atoms with van der Waals surface area (Å²) in [7, 11) is 0. The van der Waals surface area contributed by atoms with Crippen molar-refractivity contribution < 1.29 is 19.4 Å². The third-order valence-corrected chi connectivity index (χ3v) is 10.4. The lowest BCUT2D eigenvalue weighted by Crippen LogP contribution is -2.23. The molecule has 0 aliphatic rings. The van der Waals surface area contributed by atoms with Gasteiger partial charge >= 0.3 is 5.97 Å². The fourth-order valence-electron chi connectivity index (χ4n) is 6.99. The van der Waals surface area contributed by atoms with Gasteiger partial charge in [-0.2, -0.15) is 0 Å². The van der Waals surface area contributed by atoms with Crippen LogP contribution in [0.3, 0.4) is 0 Å². The lowest BCUT2D eigenvalue weighted by Gasteiger charge is -2.16. The summed E-state index contributed by atoms with van der Waals surface area (Å²) >= 11 is 0. The van der Waals surface area contributed by atoms with Gasteiger partial charge in [-0.25, -0.2) is 4.79 Å².